The van der Waals surface area contributed by atoms with Crippen LogP contribution in [0.15, 0.2) is 0 Å². The van der Waals surface area contributed by atoms with Crippen molar-refractivity contribution >= 4 is 6.29 Å². The maximum Gasteiger partial charge on any atom is 0.144 e. The highest BCUT2D eigenvalue weighted by atomic mass is 16.3. The summed E-state index contributed by atoms with van der Waals surface area (Å²) in [5.74, 6) is 0. The van der Waals surface area contributed by atoms with Crippen molar-refractivity contribution in [2.45, 2.75) is 5.54 Å². The number of nitrogens with zero attached hydrogens (tertiary/aromatic N) is 1. The molecule has 6 heteroatoms. The van der Waals surface area contributed by atoms with Crippen LogP contribution in [0.5, 0.6) is 0 Å². The van der Waals surface area contributed by atoms with Gasteiger partial charge in [0.05, 0.1) is 26.4 Å². The number of carbonyl (C=O) groups is 1. The molecule has 0 amide bonds. The summed E-state index contributed by atoms with van der Waals surface area (Å²) in [6, 6.07) is 0. The van der Waals surface area contributed by atoms with Gasteiger partial charge in [-0.2, -0.15) is 0 Å². The minimum absolute atomic E-state index is 0.112. The third-order valence-electron chi connectivity index (χ3n) is 2.14. The number of aliphatic hydroxyl groups excluding tert-OH is 4. The number of carbonyl (C=O) groups excluding carboxylic acids is 1. The summed E-state index contributed by atoms with van der Waals surface area (Å²) in [6.07, 6.45) is 0.429. The molecule has 4 N–H and O–H groups in total. The molecule has 14 heavy (non-hydrogen) atoms. The molecule has 0 saturated carbocycles. The van der Waals surface area contributed by atoms with Crippen LogP contribution in [0.2, 0.25) is 0 Å². The molecule has 0 spiro atoms. The number of hydrogen-bond donors (Lipinski definition) is 4. The van der Waals surface area contributed by atoms with E-state index in [9.17, 15) is 4.79 Å². The lowest BCUT2D eigenvalue weighted by Gasteiger charge is -2.36. The summed E-state index contributed by atoms with van der Waals surface area (Å²) in [5.41, 5.74) is -1.41. The van der Waals surface area contributed by atoms with Gasteiger partial charge in [-0.1, -0.05) is 0 Å². The van der Waals surface area contributed by atoms with Crippen molar-refractivity contribution in [1.82, 2.24) is 4.90 Å². The van der Waals surface area contributed by atoms with Gasteiger partial charge in [0.25, 0.3) is 0 Å². The molecule has 0 aromatic carbocycles. The van der Waals surface area contributed by atoms with Gasteiger partial charge in [-0.15, -0.1) is 0 Å². The smallest absolute Gasteiger partial charge is 0.144 e. The Kier molecular flexibility index (Phi) is 6.60. The normalized spacial score (nSPS) is 12.1. The Morgan fingerprint density at radius 1 is 1.00 bits per heavy atom. The predicted molar refractivity (Wildman–Crippen MR) is 48.7 cm³/mol. The molecular weight excluding hydrogens is 190 g/mol. The predicted octanol–water partition coefficient (Wildman–Crippen LogP) is -2.80. The largest absolute Gasteiger partial charge is 0.395 e. The van der Waals surface area contributed by atoms with Gasteiger partial charge in [0.1, 0.15) is 11.8 Å². The van der Waals surface area contributed by atoms with E-state index in [0.717, 1.165) is 0 Å². The fraction of sp³-hybridized carbons (Fsp3) is 0.875. The number of aldehydes is 1. The molecule has 0 saturated heterocycles. The van der Waals surface area contributed by atoms with E-state index in [-0.39, 0.29) is 26.3 Å². The summed E-state index contributed by atoms with van der Waals surface area (Å²) in [6.45, 7) is -1.30. The van der Waals surface area contributed by atoms with E-state index in [1.165, 1.54) is 4.90 Å². The molecule has 0 aromatic rings. The van der Waals surface area contributed by atoms with E-state index in [0.29, 0.717) is 6.29 Å². The van der Waals surface area contributed by atoms with E-state index >= 15 is 0 Å². The third-order valence-corrected chi connectivity index (χ3v) is 2.14. The molecule has 0 rings (SSSR count). The topological polar surface area (TPSA) is 101 Å². The second-order valence-electron chi connectivity index (χ2n) is 2.97. The fourth-order valence-corrected chi connectivity index (χ4v) is 1.20. The maximum atomic E-state index is 10.8. The molecular formula is C8H17NO5. The lowest BCUT2D eigenvalue weighted by Crippen LogP contribution is -2.57. The SMILES string of the molecule is O=CC(CO)(CO)N(CCO)CCO. The van der Waals surface area contributed by atoms with Gasteiger partial charge in [0, 0.05) is 13.1 Å². The monoisotopic (exact) mass is 207 g/mol. The first kappa shape index (κ1) is 13.5. The van der Waals surface area contributed by atoms with Crippen LogP contribution in [0.4, 0.5) is 0 Å². The van der Waals surface area contributed by atoms with Crippen LogP contribution in [0.25, 0.3) is 0 Å². The van der Waals surface area contributed by atoms with E-state index in [4.69, 9.17) is 20.4 Å². The van der Waals surface area contributed by atoms with Gasteiger partial charge in [-0.25, -0.2) is 0 Å². The molecule has 0 heterocycles. The van der Waals surface area contributed by atoms with Crippen molar-refractivity contribution in [3.05, 3.63) is 0 Å². The first-order chi connectivity index (χ1) is 6.70. The van der Waals surface area contributed by atoms with E-state index < -0.39 is 18.8 Å². The number of hydrogen-bond acceptors (Lipinski definition) is 6. The Labute approximate surface area is 82.4 Å². The molecule has 0 aliphatic carbocycles. The van der Waals surface area contributed by atoms with Crippen LogP contribution in [0.1, 0.15) is 0 Å². The highest BCUT2D eigenvalue weighted by molar-refractivity contribution is 5.64. The number of rotatable bonds is 8. The van der Waals surface area contributed by atoms with Crippen LogP contribution >= 0.6 is 0 Å². The highest BCUT2D eigenvalue weighted by Gasteiger charge is 2.34. The zero-order valence-corrected chi connectivity index (χ0v) is 7.96. The van der Waals surface area contributed by atoms with E-state index in [1.54, 1.807) is 0 Å². The minimum Gasteiger partial charge on any atom is -0.395 e. The van der Waals surface area contributed by atoms with Crippen molar-refractivity contribution in [3.63, 3.8) is 0 Å². The van der Waals surface area contributed by atoms with Crippen molar-refractivity contribution in [1.29, 1.82) is 0 Å². The molecule has 0 fully saturated rings. The Morgan fingerprint density at radius 2 is 1.43 bits per heavy atom. The maximum absolute atomic E-state index is 10.8. The van der Waals surface area contributed by atoms with Crippen LogP contribution in [0, 0.1) is 0 Å². The van der Waals surface area contributed by atoms with Crippen LogP contribution in [-0.2, 0) is 4.79 Å². The van der Waals surface area contributed by atoms with Crippen LogP contribution in [-0.4, -0.2) is 76.7 Å². The summed E-state index contributed by atoms with van der Waals surface area (Å²) < 4.78 is 0. The lowest BCUT2D eigenvalue weighted by atomic mass is 10.0. The Hall–Kier alpha value is -0.530. The second-order valence-corrected chi connectivity index (χ2v) is 2.97. The minimum atomic E-state index is -1.41. The summed E-state index contributed by atoms with van der Waals surface area (Å²) in [4.78, 5) is 12.1. The number of β-amino-alcohol motifs (C(OH)–C–C–N with tert-alkyl or cyclic N) is 2. The van der Waals surface area contributed by atoms with E-state index in [2.05, 4.69) is 0 Å². The van der Waals surface area contributed by atoms with Gasteiger partial charge < -0.3 is 25.2 Å². The molecule has 0 aliphatic heterocycles. The lowest BCUT2D eigenvalue weighted by molar-refractivity contribution is -0.126. The Balaban J connectivity index is 4.60. The first-order valence-corrected chi connectivity index (χ1v) is 4.35. The quantitative estimate of drug-likeness (QED) is 0.321. The van der Waals surface area contributed by atoms with Gasteiger partial charge in [0.2, 0.25) is 0 Å². The van der Waals surface area contributed by atoms with Gasteiger partial charge in [0.15, 0.2) is 0 Å². The Morgan fingerprint density at radius 3 is 1.64 bits per heavy atom. The summed E-state index contributed by atoms with van der Waals surface area (Å²) >= 11 is 0. The highest BCUT2D eigenvalue weighted by Crippen LogP contribution is 2.10. The van der Waals surface area contributed by atoms with Gasteiger partial charge in [-0.3, -0.25) is 4.90 Å². The van der Waals surface area contributed by atoms with Crippen LogP contribution in [0.3, 0.4) is 0 Å². The van der Waals surface area contributed by atoms with Crippen molar-refractivity contribution in [3.8, 4) is 0 Å². The standard InChI is InChI=1S/C8H17NO5/c10-3-1-9(2-4-11)8(5-12,6-13)7-14/h5,10-11,13-14H,1-4,6-7H2. The zero-order chi connectivity index (χ0) is 11.0. The average Bonchev–Trinajstić information content (AvgIpc) is 2.22. The molecule has 0 aromatic heterocycles. The average molecular weight is 207 g/mol. The molecule has 0 radical (unpaired) electrons. The number of aliphatic hydroxyl groups is 4. The third kappa shape index (κ3) is 3.00. The van der Waals surface area contributed by atoms with Crippen molar-refractivity contribution in [2.24, 2.45) is 0 Å². The van der Waals surface area contributed by atoms with Crippen molar-refractivity contribution in [2.75, 3.05) is 39.5 Å². The summed E-state index contributed by atoms with van der Waals surface area (Å²) in [5, 5.41) is 35.4. The van der Waals surface area contributed by atoms with Gasteiger partial charge >= 0.3 is 0 Å². The Bertz CT molecular complexity index is 154. The zero-order valence-electron chi connectivity index (χ0n) is 7.96. The molecule has 6 nitrogen and oxygen atoms in total. The van der Waals surface area contributed by atoms with Crippen LogP contribution < -0.4 is 0 Å². The molecule has 0 bridgehead atoms. The second kappa shape index (κ2) is 6.86. The van der Waals surface area contributed by atoms with E-state index in [1.807, 2.05) is 0 Å². The molecule has 84 valence electrons. The van der Waals surface area contributed by atoms with Gasteiger partial charge in [-0.05, 0) is 0 Å². The molecule has 0 atom stereocenters. The molecule has 0 unspecified atom stereocenters. The fourth-order valence-electron chi connectivity index (χ4n) is 1.20. The molecule has 0 aliphatic rings. The van der Waals surface area contributed by atoms with Crippen molar-refractivity contribution < 1.29 is 25.2 Å². The first-order valence-electron chi connectivity index (χ1n) is 4.35. The summed E-state index contributed by atoms with van der Waals surface area (Å²) in [7, 11) is 0.